The zero-order valence-electron chi connectivity index (χ0n) is 9.84. The Hall–Kier alpha value is -0.800. The van der Waals surface area contributed by atoms with E-state index in [1.54, 1.807) is 24.3 Å². The van der Waals surface area contributed by atoms with Gasteiger partial charge in [-0.3, -0.25) is 0 Å². The lowest BCUT2D eigenvalue weighted by Crippen LogP contribution is -2.15. The van der Waals surface area contributed by atoms with Gasteiger partial charge < -0.3 is 5.73 Å². The first-order valence-electron chi connectivity index (χ1n) is 5.62. The van der Waals surface area contributed by atoms with Gasteiger partial charge in [-0.25, -0.2) is 4.39 Å². The molecular formula is C14H11Cl3FN. The van der Waals surface area contributed by atoms with Crippen molar-refractivity contribution in [1.82, 2.24) is 0 Å². The van der Waals surface area contributed by atoms with Crippen molar-refractivity contribution in [2.45, 2.75) is 12.5 Å². The Morgan fingerprint density at radius 3 is 2.53 bits per heavy atom. The largest absolute Gasteiger partial charge is 0.324 e. The van der Waals surface area contributed by atoms with Crippen LogP contribution < -0.4 is 5.73 Å². The summed E-state index contributed by atoms with van der Waals surface area (Å²) in [6.45, 7) is 0. The van der Waals surface area contributed by atoms with Gasteiger partial charge in [0.15, 0.2) is 0 Å². The molecule has 1 atom stereocenters. The molecule has 2 N–H and O–H groups in total. The molecule has 0 aromatic heterocycles. The second-order valence-corrected chi connectivity index (χ2v) is 5.41. The Morgan fingerprint density at radius 2 is 1.84 bits per heavy atom. The van der Waals surface area contributed by atoms with Gasteiger partial charge in [0.25, 0.3) is 0 Å². The van der Waals surface area contributed by atoms with E-state index in [-0.39, 0.29) is 0 Å². The van der Waals surface area contributed by atoms with Crippen LogP contribution in [-0.2, 0) is 6.42 Å². The van der Waals surface area contributed by atoms with Crippen molar-refractivity contribution in [3.63, 3.8) is 0 Å². The van der Waals surface area contributed by atoms with Crippen molar-refractivity contribution >= 4 is 34.8 Å². The molecule has 0 saturated carbocycles. The fourth-order valence-electron chi connectivity index (χ4n) is 1.86. The number of rotatable bonds is 3. The Labute approximate surface area is 126 Å². The maximum atomic E-state index is 13.8. The first-order valence-corrected chi connectivity index (χ1v) is 6.76. The standard InChI is InChI=1S/C14H11Cl3FN/c15-9-4-5-10(12(18)7-9)13(19)6-8-2-1-3-11(16)14(8)17/h1-5,7,13H,6,19H2. The van der Waals surface area contributed by atoms with Gasteiger partial charge in [0.05, 0.1) is 10.0 Å². The second kappa shape index (κ2) is 6.10. The highest BCUT2D eigenvalue weighted by atomic mass is 35.5. The van der Waals surface area contributed by atoms with Crippen molar-refractivity contribution in [2.75, 3.05) is 0 Å². The highest BCUT2D eigenvalue weighted by Gasteiger charge is 2.15. The molecule has 0 aliphatic rings. The zero-order valence-corrected chi connectivity index (χ0v) is 12.1. The Bertz CT molecular complexity index is 601. The molecule has 0 bridgehead atoms. The Kier molecular flexibility index (Phi) is 4.69. The van der Waals surface area contributed by atoms with Gasteiger partial charge in [0.1, 0.15) is 5.82 Å². The third-order valence-corrected chi connectivity index (χ3v) is 3.93. The minimum atomic E-state index is -0.506. The van der Waals surface area contributed by atoms with Crippen molar-refractivity contribution in [2.24, 2.45) is 5.73 Å². The summed E-state index contributed by atoms with van der Waals surface area (Å²) in [6.07, 6.45) is 0.401. The predicted molar refractivity (Wildman–Crippen MR) is 78.5 cm³/mol. The predicted octanol–water partition coefficient (Wildman–Crippen LogP) is 5.03. The van der Waals surface area contributed by atoms with Crippen molar-refractivity contribution < 1.29 is 4.39 Å². The Morgan fingerprint density at radius 1 is 1.11 bits per heavy atom. The first-order chi connectivity index (χ1) is 8.99. The first kappa shape index (κ1) is 14.6. The summed E-state index contributed by atoms with van der Waals surface area (Å²) in [6, 6.07) is 9.24. The van der Waals surface area contributed by atoms with Gasteiger partial charge >= 0.3 is 0 Å². The lowest BCUT2D eigenvalue weighted by atomic mass is 9.99. The van der Waals surface area contributed by atoms with Gasteiger partial charge in [-0.1, -0.05) is 53.0 Å². The molecule has 5 heteroatoms. The summed E-state index contributed by atoms with van der Waals surface area (Å²) < 4.78 is 13.8. The molecule has 0 aliphatic heterocycles. The molecule has 0 radical (unpaired) electrons. The second-order valence-electron chi connectivity index (χ2n) is 4.19. The number of halogens is 4. The third kappa shape index (κ3) is 3.40. The topological polar surface area (TPSA) is 26.0 Å². The Balaban J connectivity index is 2.25. The monoisotopic (exact) mass is 317 g/mol. The van der Waals surface area contributed by atoms with E-state index in [1.807, 2.05) is 6.07 Å². The fourth-order valence-corrected chi connectivity index (χ4v) is 2.41. The quantitative estimate of drug-likeness (QED) is 0.844. The van der Waals surface area contributed by atoms with E-state index in [4.69, 9.17) is 40.5 Å². The van der Waals surface area contributed by atoms with Crippen LogP contribution in [-0.4, -0.2) is 0 Å². The lowest BCUT2D eigenvalue weighted by Gasteiger charge is -2.14. The van der Waals surface area contributed by atoms with Crippen molar-refractivity contribution in [3.05, 3.63) is 68.4 Å². The summed E-state index contributed by atoms with van der Waals surface area (Å²) in [5, 5.41) is 1.26. The van der Waals surface area contributed by atoms with Crippen LogP contribution in [0, 0.1) is 5.82 Å². The third-order valence-electron chi connectivity index (χ3n) is 2.83. The van der Waals surface area contributed by atoms with Crippen molar-refractivity contribution in [3.8, 4) is 0 Å². The molecule has 1 nitrogen and oxygen atoms in total. The number of nitrogens with two attached hydrogens (primary N) is 1. The average molecular weight is 319 g/mol. The van der Waals surface area contributed by atoms with Crippen LogP contribution in [0.25, 0.3) is 0 Å². The number of benzene rings is 2. The summed E-state index contributed by atoms with van der Waals surface area (Å²) in [7, 11) is 0. The summed E-state index contributed by atoms with van der Waals surface area (Å²) in [5.74, 6) is -0.418. The molecule has 0 spiro atoms. The van der Waals surface area contributed by atoms with Crippen LogP contribution in [0.15, 0.2) is 36.4 Å². The smallest absolute Gasteiger partial charge is 0.129 e. The van der Waals surface area contributed by atoms with E-state index in [2.05, 4.69) is 0 Å². The van der Waals surface area contributed by atoms with Crippen molar-refractivity contribution in [1.29, 1.82) is 0 Å². The van der Waals surface area contributed by atoms with Gasteiger partial charge in [-0.05, 0) is 30.2 Å². The lowest BCUT2D eigenvalue weighted by molar-refractivity contribution is 0.580. The molecule has 2 aromatic rings. The molecular weight excluding hydrogens is 308 g/mol. The maximum Gasteiger partial charge on any atom is 0.129 e. The van der Waals surface area contributed by atoms with Crippen LogP contribution in [0.3, 0.4) is 0 Å². The molecule has 100 valence electrons. The van der Waals surface area contributed by atoms with Crippen LogP contribution in [0.2, 0.25) is 15.1 Å². The molecule has 0 fully saturated rings. The highest BCUT2D eigenvalue weighted by Crippen LogP contribution is 2.29. The van der Waals surface area contributed by atoms with Crippen LogP contribution in [0.1, 0.15) is 17.2 Å². The van der Waals surface area contributed by atoms with Gasteiger partial charge in [-0.2, -0.15) is 0 Å². The molecule has 0 aliphatic carbocycles. The summed E-state index contributed by atoms with van der Waals surface area (Å²) in [4.78, 5) is 0. The average Bonchev–Trinajstić information content (AvgIpc) is 2.34. The zero-order chi connectivity index (χ0) is 14.0. The molecule has 0 saturated heterocycles. The van der Waals surface area contributed by atoms with Crippen LogP contribution in [0.4, 0.5) is 4.39 Å². The van der Waals surface area contributed by atoms with E-state index in [0.29, 0.717) is 27.1 Å². The molecule has 2 aromatic carbocycles. The van der Waals surface area contributed by atoms with E-state index in [1.165, 1.54) is 6.07 Å². The van der Waals surface area contributed by atoms with Gasteiger partial charge in [-0.15, -0.1) is 0 Å². The fraction of sp³-hybridized carbons (Fsp3) is 0.143. The van der Waals surface area contributed by atoms with E-state index < -0.39 is 11.9 Å². The van der Waals surface area contributed by atoms with Crippen LogP contribution in [0.5, 0.6) is 0 Å². The maximum absolute atomic E-state index is 13.8. The normalized spacial score (nSPS) is 12.5. The highest BCUT2D eigenvalue weighted by molar-refractivity contribution is 6.42. The number of hydrogen-bond acceptors (Lipinski definition) is 1. The SMILES string of the molecule is NC(Cc1cccc(Cl)c1Cl)c1ccc(Cl)cc1F. The molecule has 19 heavy (non-hydrogen) atoms. The summed E-state index contributed by atoms with van der Waals surface area (Å²) >= 11 is 17.7. The van der Waals surface area contributed by atoms with E-state index in [0.717, 1.165) is 5.56 Å². The van der Waals surface area contributed by atoms with Gasteiger partial charge in [0.2, 0.25) is 0 Å². The van der Waals surface area contributed by atoms with E-state index in [9.17, 15) is 4.39 Å². The number of hydrogen-bond donors (Lipinski definition) is 1. The molecule has 0 amide bonds. The summed E-state index contributed by atoms with van der Waals surface area (Å²) in [5.41, 5.74) is 7.20. The molecule has 2 rings (SSSR count). The molecule has 1 unspecified atom stereocenters. The van der Waals surface area contributed by atoms with E-state index >= 15 is 0 Å². The minimum absolute atomic E-state index is 0.342. The molecule has 0 heterocycles. The van der Waals surface area contributed by atoms with Crippen LogP contribution >= 0.6 is 34.8 Å². The minimum Gasteiger partial charge on any atom is -0.324 e. The van der Waals surface area contributed by atoms with Gasteiger partial charge in [0, 0.05) is 16.6 Å².